The van der Waals surface area contributed by atoms with E-state index >= 15 is 0 Å². The lowest BCUT2D eigenvalue weighted by molar-refractivity contribution is 0.145. The molecule has 1 aliphatic rings. The standard InChI is InChI=1S/C21H26N2O3/c1-25-20-7-3-5-18(13-20)17-10-8-16(9-11-17)14-23-12-4-6-19(15-23)22-21(24)26-2/h3,5,7-11,13,19H,4,6,12,14-15H2,1-2H3,(H,22,24). The fourth-order valence-corrected chi connectivity index (χ4v) is 3.41. The smallest absolute Gasteiger partial charge is 0.407 e. The Labute approximate surface area is 154 Å². The molecule has 0 radical (unpaired) electrons. The maximum absolute atomic E-state index is 11.4. The first-order chi connectivity index (χ1) is 12.7. The number of nitrogens with one attached hydrogen (secondary N) is 1. The Kier molecular flexibility index (Phi) is 6.12. The molecule has 0 spiro atoms. The SMILES string of the molecule is COC(=O)NC1CCCN(Cc2ccc(-c3cccc(OC)c3)cc2)C1. The number of benzene rings is 2. The molecule has 1 aliphatic heterocycles. The van der Waals surface area contributed by atoms with E-state index in [0.717, 1.165) is 43.8 Å². The number of piperidine rings is 1. The lowest BCUT2D eigenvalue weighted by Crippen LogP contribution is -2.47. The summed E-state index contributed by atoms with van der Waals surface area (Å²) in [5, 5.41) is 2.91. The average molecular weight is 354 g/mol. The fourth-order valence-electron chi connectivity index (χ4n) is 3.41. The van der Waals surface area contributed by atoms with Gasteiger partial charge in [0.15, 0.2) is 0 Å². The molecule has 0 bridgehead atoms. The van der Waals surface area contributed by atoms with Crippen LogP contribution in [0.5, 0.6) is 5.75 Å². The lowest BCUT2D eigenvalue weighted by Gasteiger charge is -2.32. The molecule has 138 valence electrons. The van der Waals surface area contributed by atoms with Gasteiger partial charge in [0.05, 0.1) is 14.2 Å². The van der Waals surface area contributed by atoms with Gasteiger partial charge < -0.3 is 14.8 Å². The number of alkyl carbamates (subject to hydrolysis) is 1. The predicted molar refractivity (Wildman–Crippen MR) is 102 cm³/mol. The number of ether oxygens (including phenoxy) is 2. The molecule has 1 N–H and O–H groups in total. The van der Waals surface area contributed by atoms with Crippen LogP contribution in [0.1, 0.15) is 18.4 Å². The van der Waals surface area contributed by atoms with Crippen molar-refractivity contribution >= 4 is 6.09 Å². The largest absolute Gasteiger partial charge is 0.497 e. The number of rotatable bonds is 5. The van der Waals surface area contributed by atoms with Crippen LogP contribution in [0, 0.1) is 0 Å². The van der Waals surface area contributed by atoms with Gasteiger partial charge in [-0.25, -0.2) is 4.79 Å². The van der Waals surface area contributed by atoms with E-state index in [1.54, 1.807) is 7.11 Å². The van der Waals surface area contributed by atoms with Crippen molar-refractivity contribution in [2.24, 2.45) is 0 Å². The molecule has 26 heavy (non-hydrogen) atoms. The highest BCUT2D eigenvalue weighted by molar-refractivity contribution is 5.67. The van der Waals surface area contributed by atoms with E-state index in [1.807, 2.05) is 18.2 Å². The summed E-state index contributed by atoms with van der Waals surface area (Å²) in [7, 11) is 3.09. The minimum absolute atomic E-state index is 0.159. The predicted octanol–water partition coefficient (Wildman–Crippen LogP) is 3.68. The van der Waals surface area contributed by atoms with Crippen LogP contribution in [0.4, 0.5) is 4.79 Å². The van der Waals surface area contributed by atoms with Crippen LogP contribution in [0.15, 0.2) is 48.5 Å². The van der Waals surface area contributed by atoms with Crippen molar-refractivity contribution in [1.82, 2.24) is 10.2 Å². The first-order valence-corrected chi connectivity index (χ1v) is 8.98. The number of carbonyl (C=O) groups is 1. The van der Waals surface area contributed by atoms with E-state index in [-0.39, 0.29) is 12.1 Å². The zero-order valence-electron chi connectivity index (χ0n) is 15.4. The van der Waals surface area contributed by atoms with Crippen molar-refractivity contribution in [1.29, 1.82) is 0 Å². The molecule has 1 saturated heterocycles. The second kappa shape index (κ2) is 8.72. The van der Waals surface area contributed by atoms with Crippen molar-refractivity contribution in [2.75, 3.05) is 27.3 Å². The van der Waals surface area contributed by atoms with Crippen LogP contribution in [0.25, 0.3) is 11.1 Å². The number of amides is 1. The lowest BCUT2D eigenvalue weighted by atomic mass is 10.0. The van der Waals surface area contributed by atoms with E-state index in [9.17, 15) is 4.79 Å². The molecule has 5 heteroatoms. The highest BCUT2D eigenvalue weighted by atomic mass is 16.5. The quantitative estimate of drug-likeness (QED) is 0.890. The monoisotopic (exact) mass is 354 g/mol. The maximum Gasteiger partial charge on any atom is 0.407 e. The highest BCUT2D eigenvalue weighted by Gasteiger charge is 2.21. The van der Waals surface area contributed by atoms with Gasteiger partial charge in [-0.15, -0.1) is 0 Å². The van der Waals surface area contributed by atoms with Crippen molar-refractivity contribution in [3.63, 3.8) is 0 Å². The third kappa shape index (κ3) is 4.76. The second-order valence-corrected chi connectivity index (χ2v) is 6.64. The summed E-state index contributed by atoms with van der Waals surface area (Å²) < 4.78 is 10.0. The minimum Gasteiger partial charge on any atom is -0.497 e. The maximum atomic E-state index is 11.4. The fraction of sp³-hybridized carbons (Fsp3) is 0.381. The number of nitrogens with zero attached hydrogens (tertiary/aromatic N) is 1. The van der Waals surface area contributed by atoms with E-state index in [4.69, 9.17) is 9.47 Å². The van der Waals surface area contributed by atoms with Gasteiger partial charge in [0.1, 0.15) is 5.75 Å². The molecule has 1 unspecified atom stereocenters. The summed E-state index contributed by atoms with van der Waals surface area (Å²) >= 11 is 0. The summed E-state index contributed by atoms with van der Waals surface area (Å²) in [5.41, 5.74) is 3.60. The van der Waals surface area contributed by atoms with Crippen molar-refractivity contribution in [3.8, 4) is 16.9 Å². The first-order valence-electron chi connectivity index (χ1n) is 8.98. The van der Waals surface area contributed by atoms with Crippen LogP contribution >= 0.6 is 0 Å². The van der Waals surface area contributed by atoms with Crippen molar-refractivity contribution in [2.45, 2.75) is 25.4 Å². The zero-order chi connectivity index (χ0) is 18.4. The van der Waals surface area contributed by atoms with E-state index in [0.29, 0.717) is 0 Å². The molecule has 2 aromatic carbocycles. The van der Waals surface area contributed by atoms with Crippen LogP contribution < -0.4 is 10.1 Å². The van der Waals surface area contributed by atoms with Gasteiger partial charge in [-0.3, -0.25) is 4.90 Å². The van der Waals surface area contributed by atoms with Crippen molar-refractivity contribution in [3.05, 3.63) is 54.1 Å². The van der Waals surface area contributed by atoms with Crippen LogP contribution in [-0.2, 0) is 11.3 Å². The normalized spacial score (nSPS) is 17.5. The molecule has 1 fully saturated rings. The van der Waals surface area contributed by atoms with E-state index in [2.05, 4.69) is 40.5 Å². The molecule has 1 amide bonds. The molecule has 0 aromatic heterocycles. The summed E-state index contributed by atoms with van der Waals surface area (Å²) in [5.74, 6) is 0.865. The Balaban J connectivity index is 1.61. The number of hydrogen-bond acceptors (Lipinski definition) is 4. The van der Waals surface area contributed by atoms with Gasteiger partial charge in [-0.1, -0.05) is 36.4 Å². The number of methoxy groups -OCH3 is 2. The summed E-state index contributed by atoms with van der Waals surface area (Å²) in [4.78, 5) is 13.8. The van der Waals surface area contributed by atoms with Crippen LogP contribution in [-0.4, -0.2) is 44.3 Å². The molecule has 0 saturated carbocycles. The molecule has 2 aromatic rings. The highest BCUT2D eigenvalue weighted by Crippen LogP contribution is 2.24. The Morgan fingerprint density at radius 2 is 1.96 bits per heavy atom. The first kappa shape index (κ1) is 18.3. The van der Waals surface area contributed by atoms with Crippen molar-refractivity contribution < 1.29 is 14.3 Å². The second-order valence-electron chi connectivity index (χ2n) is 6.64. The molecule has 3 rings (SSSR count). The van der Waals surface area contributed by atoms with Gasteiger partial charge in [-0.2, -0.15) is 0 Å². The summed E-state index contributed by atoms with van der Waals surface area (Å²) in [6.07, 6.45) is 1.73. The summed E-state index contributed by atoms with van der Waals surface area (Å²) in [6.45, 7) is 2.79. The van der Waals surface area contributed by atoms with Gasteiger partial charge in [0.25, 0.3) is 0 Å². The molecular formula is C21H26N2O3. The number of likely N-dealkylation sites (tertiary alicyclic amines) is 1. The number of carbonyl (C=O) groups excluding carboxylic acids is 1. The van der Waals surface area contributed by atoms with E-state index in [1.165, 1.54) is 18.2 Å². The topological polar surface area (TPSA) is 50.8 Å². The van der Waals surface area contributed by atoms with E-state index < -0.39 is 0 Å². The minimum atomic E-state index is -0.348. The third-order valence-corrected chi connectivity index (χ3v) is 4.78. The van der Waals surface area contributed by atoms with Gasteiger partial charge >= 0.3 is 6.09 Å². The van der Waals surface area contributed by atoms with Gasteiger partial charge in [0, 0.05) is 19.1 Å². The summed E-state index contributed by atoms with van der Waals surface area (Å²) in [6, 6.07) is 16.9. The molecule has 1 atom stereocenters. The molecule has 0 aliphatic carbocycles. The average Bonchev–Trinajstić information content (AvgIpc) is 2.69. The molecular weight excluding hydrogens is 328 g/mol. The van der Waals surface area contributed by atoms with Crippen LogP contribution in [0.2, 0.25) is 0 Å². The Hall–Kier alpha value is -2.53. The zero-order valence-corrected chi connectivity index (χ0v) is 15.4. The Bertz CT molecular complexity index is 730. The third-order valence-electron chi connectivity index (χ3n) is 4.78. The van der Waals surface area contributed by atoms with Gasteiger partial charge in [0.2, 0.25) is 0 Å². The van der Waals surface area contributed by atoms with Gasteiger partial charge in [-0.05, 0) is 48.2 Å². The molecule has 1 heterocycles. The Morgan fingerprint density at radius 3 is 2.69 bits per heavy atom. The molecule has 5 nitrogen and oxygen atoms in total. The van der Waals surface area contributed by atoms with Crippen LogP contribution in [0.3, 0.4) is 0 Å². The number of hydrogen-bond donors (Lipinski definition) is 1. The Morgan fingerprint density at radius 1 is 1.15 bits per heavy atom.